The van der Waals surface area contributed by atoms with Crippen molar-refractivity contribution in [3.63, 3.8) is 0 Å². The molecule has 0 amide bonds. The average Bonchev–Trinajstić information content (AvgIpc) is 2.99. The van der Waals surface area contributed by atoms with Gasteiger partial charge < -0.3 is 0 Å². The topological polar surface area (TPSA) is 17.1 Å². The highest BCUT2D eigenvalue weighted by molar-refractivity contribution is 5.91. The number of fused-ring (bicyclic) bond motifs is 5. The van der Waals surface area contributed by atoms with Gasteiger partial charge in [-0.2, -0.15) is 0 Å². The second-order valence-electron chi connectivity index (χ2n) is 12.0. The van der Waals surface area contributed by atoms with Crippen molar-refractivity contribution in [2.75, 3.05) is 0 Å². The maximum atomic E-state index is 12.0. The summed E-state index contributed by atoms with van der Waals surface area (Å²) in [5.41, 5.74) is 2.43. The summed E-state index contributed by atoms with van der Waals surface area (Å²) < 4.78 is 0. The molecule has 0 heterocycles. The molecule has 0 aliphatic heterocycles. The van der Waals surface area contributed by atoms with Crippen LogP contribution in [-0.2, 0) is 4.79 Å². The fourth-order valence-corrected chi connectivity index (χ4v) is 8.58. The predicted octanol–water partition coefficient (Wildman–Crippen LogP) is 7.60. The lowest BCUT2D eigenvalue weighted by atomic mass is 9.46. The Morgan fingerprint density at radius 1 is 0.964 bits per heavy atom. The summed E-state index contributed by atoms with van der Waals surface area (Å²) in [5, 5.41) is 0. The Morgan fingerprint density at radius 3 is 2.50 bits per heavy atom. The summed E-state index contributed by atoms with van der Waals surface area (Å²) >= 11 is 0. The van der Waals surface area contributed by atoms with Crippen molar-refractivity contribution >= 4 is 5.78 Å². The van der Waals surface area contributed by atoms with Crippen LogP contribution in [0.1, 0.15) is 105 Å². The first-order valence-electron chi connectivity index (χ1n) is 12.5. The van der Waals surface area contributed by atoms with Crippen LogP contribution in [0.5, 0.6) is 0 Å². The van der Waals surface area contributed by atoms with E-state index in [0.717, 1.165) is 48.3 Å². The standard InChI is InChI=1S/C27H44O/c1-18(2)7-6-8-19(3)23-11-12-24-22-10-9-20-17-21(28)13-15-26(20,4)25(22)14-16-27(23,24)5/h17-19,22-25H,6-16H2,1-5H3/t19-,22+,23-,24+,25+,26-,27+/m0/s1. The van der Waals surface area contributed by atoms with Gasteiger partial charge in [0.1, 0.15) is 0 Å². The first-order valence-corrected chi connectivity index (χ1v) is 12.5. The number of allylic oxidation sites excluding steroid dienone is 1. The second-order valence-corrected chi connectivity index (χ2v) is 12.0. The molecule has 0 aromatic carbocycles. The zero-order valence-electron chi connectivity index (χ0n) is 19.2. The highest BCUT2D eigenvalue weighted by atomic mass is 16.1. The van der Waals surface area contributed by atoms with Gasteiger partial charge in [0.25, 0.3) is 0 Å². The lowest BCUT2D eigenvalue weighted by molar-refractivity contribution is -0.117. The molecule has 0 aromatic heterocycles. The molecule has 4 aliphatic carbocycles. The minimum atomic E-state index is 0.332. The molecule has 4 aliphatic rings. The molecule has 0 aromatic rings. The van der Waals surface area contributed by atoms with Crippen LogP contribution in [0.4, 0.5) is 0 Å². The normalized spacial score (nSPS) is 43.9. The van der Waals surface area contributed by atoms with Gasteiger partial charge in [0.05, 0.1) is 0 Å². The summed E-state index contributed by atoms with van der Waals surface area (Å²) in [5.74, 6) is 5.79. The minimum absolute atomic E-state index is 0.332. The van der Waals surface area contributed by atoms with Gasteiger partial charge in [-0.05, 0) is 97.4 Å². The maximum absolute atomic E-state index is 12.0. The van der Waals surface area contributed by atoms with Crippen LogP contribution in [0.25, 0.3) is 0 Å². The van der Waals surface area contributed by atoms with Crippen LogP contribution in [-0.4, -0.2) is 5.78 Å². The molecular formula is C27H44O. The van der Waals surface area contributed by atoms with Gasteiger partial charge in [0, 0.05) is 6.42 Å². The maximum Gasteiger partial charge on any atom is 0.155 e. The number of carbonyl (C=O) groups excluding carboxylic acids is 1. The summed E-state index contributed by atoms with van der Waals surface area (Å²) in [6.07, 6.45) is 16.6. The van der Waals surface area contributed by atoms with Gasteiger partial charge >= 0.3 is 0 Å². The lowest BCUT2D eigenvalue weighted by Crippen LogP contribution is -2.50. The van der Waals surface area contributed by atoms with Crippen molar-refractivity contribution in [1.29, 1.82) is 0 Å². The van der Waals surface area contributed by atoms with E-state index in [-0.39, 0.29) is 0 Å². The van der Waals surface area contributed by atoms with Crippen LogP contribution in [0.15, 0.2) is 11.6 Å². The Balaban J connectivity index is 1.49. The third-order valence-corrected chi connectivity index (χ3v) is 10.2. The van der Waals surface area contributed by atoms with Gasteiger partial charge in [0.15, 0.2) is 5.78 Å². The molecule has 0 saturated heterocycles. The number of hydrogen-bond donors (Lipinski definition) is 0. The Bertz CT molecular complexity index is 630. The molecular weight excluding hydrogens is 340 g/mol. The molecule has 28 heavy (non-hydrogen) atoms. The first-order chi connectivity index (χ1) is 13.3. The molecule has 1 nitrogen and oxygen atoms in total. The fourth-order valence-electron chi connectivity index (χ4n) is 8.58. The van der Waals surface area contributed by atoms with Crippen molar-refractivity contribution in [3.05, 3.63) is 11.6 Å². The monoisotopic (exact) mass is 384 g/mol. The van der Waals surface area contributed by atoms with Crippen molar-refractivity contribution in [2.45, 2.75) is 105 Å². The molecule has 7 atom stereocenters. The summed E-state index contributed by atoms with van der Waals surface area (Å²) in [7, 11) is 0. The van der Waals surface area contributed by atoms with Gasteiger partial charge in [-0.25, -0.2) is 0 Å². The Labute approximate surface area is 174 Å². The van der Waals surface area contributed by atoms with Crippen molar-refractivity contribution in [2.24, 2.45) is 46.3 Å². The molecule has 0 radical (unpaired) electrons. The summed E-state index contributed by atoms with van der Waals surface area (Å²) in [6, 6.07) is 0. The Morgan fingerprint density at radius 2 is 1.75 bits per heavy atom. The van der Waals surface area contributed by atoms with Gasteiger partial charge in [0.2, 0.25) is 0 Å². The summed E-state index contributed by atoms with van der Waals surface area (Å²) in [4.78, 5) is 12.0. The van der Waals surface area contributed by atoms with Crippen molar-refractivity contribution in [3.8, 4) is 0 Å². The minimum Gasteiger partial charge on any atom is -0.295 e. The Kier molecular flexibility index (Phi) is 5.60. The van der Waals surface area contributed by atoms with Crippen molar-refractivity contribution < 1.29 is 4.79 Å². The van der Waals surface area contributed by atoms with Crippen LogP contribution in [0.2, 0.25) is 0 Å². The lowest BCUT2D eigenvalue weighted by Gasteiger charge is -2.58. The van der Waals surface area contributed by atoms with Crippen LogP contribution in [0, 0.1) is 46.3 Å². The van der Waals surface area contributed by atoms with E-state index < -0.39 is 0 Å². The number of hydrogen-bond acceptors (Lipinski definition) is 1. The molecule has 4 rings (SSSR count). The second kappa shape index (κ2) is 7.59. The molecule has 0 spiro atoms. The van der Waals surface area contributed by atoms with Gasteiger partial charge in [-0.15, -0.1) is 0 Å². The van der Waals surface area contributed by atoms with E-state index >= 15 is 0 Å². The number of ketones is 1. The highest BCUT2D eigenvalue weighted by Crippen LogP contribution is 2.67. The number of rotatable bonds is 5. The van der Waals surface area contributed by atoms with E-state index in [2.05, 4.69) is 40.7 Å². The predicted molar refractivity (Wildman–Crippen MR) is 118 cm³/mol. The zero-order chi connectivity index (χ0) is 20.1. The third kappa shape index (κ3) is 3.33. The SMILES string of the molecule is CC(C)CCC[C@H](C)[C@@H]1CC[C@@H]2[C@H]3CCC4=CC(=O)CC[C@]4(C)[C@@H]3CC[C@@]21C. The van der Waals surface area contributed by atoms with E-state index in [1.807, 2.05) is 0 Å². The molecule has 0 N–H and O–H groups in total. The van der Waals surface area contributed by atoms with E-state index in [9.17, 15) is 4.79 Å². The molecule has 158 valence electrons. The molecule has 3 fully saturated rings. The summed E-state index contributed by atoms with van der Waals surface area (Å²) in [6.45, 7) is 12.5. The zero-order valence-corrected chi connectivity index (χ0v) is 19.2. The largest absolute Gasteiger partial charge is 0.295 e. The number of carbonyl (C=O) groups is 1. The van der Waals surface area contributed by atoms with Crippen LogP contribution in [0.3, 0.4) is 0 Å². The third-order valence-electron chi connectivity index (χ3n) is 10.2. The van der Waals surface area contributed by atoms with E-state index in [1.165, 1.54) is 63.4 Å². The highest BCUT2D eigenvalue weighted by Gasteiger charge is 2.59. The van der Waals surface area contributed by atoms with Crippen LogP contribution < -0.4 is 0 Å². The van der Waals surface area contributed by atoms with Crippen LogP contribution >= 0.6 is 0 Å². The molecule has 3 saturated carbocycles. The van der Waals surface area contributed by atoms with Crippen molar-refractivity contribution in [1.82, 2.24) is 0 Å². The molecule has 1 heteroatoms. The van der Waals surface area contributed by atoms with E-state index in [0.29, 0.717) is 16.6 Å². The van der Waals surface area contributed by atoms with Gasteiger partial charge in [-0.1, -0.05) is 59.5 Å². The Hall–Kier alpha value is -0.590. The smallest absolute Gasteiger partial charge is 0.155 e. The van der Waals surface area contributed by atoms with Gasteiger partial charge in [-0.3, -0.25) is 4.79 Å². The molecule has 0 unspecified atom stereocenters. The van der Waals surface area contributed by atoms with E-state index in [4.69, 9.17) is 0 Å². The average molecular weight is 385 g/mol. The fraction of sp³-hybridized carbons (Fsp3) is 0.889. The quantitative estimate of drug-likeness (QED) is 0.477. The van der Waals surface area contributed by atoms with E-state index in [1.54, 1.807) is 0 Å². The first kappa shape index (κ1) is 20.7. The molecule has 0 bridgehead atoms.